The number of rotatable bonds is 13. The first kappa shape index (κ1) is 37.7. The third-order valence-corrected chi connectivity index (χ3v) is 9.27. The van der Waals surface area contributed by atoms with E-state index >= 15 is 0 Å². The summed E-state index contributed by atoms with van der Waals surface area (Å²) in [6, 6.07) is 18.4. The zero-order valence-corrected chi connectivity index (χ0v) is 29.6. The lowest BCUT2D eigenvalue weighted by Gasteiger charge is -2.32. The Morgan fingerprint density at radius 3 is 2.27 bits per heavy atom. The molecule has 3 aromatic carbocycles. The monoisotopic (exact) mass is 711 g/mol. The molecule has 5 rings (SSSR count). The molecule has 0 aliphatic carbocycles. The maximum absolute atomic E-state index is 14.4. The molecule has 2 aliphatic rings. The summed E-state index contributed by atoms with van der Waals surface area (Å²) in [5.41, 5.74) is 8.25. The number of amides is 4. The van der Waals surface area contributed by atoms with Crippen molar-refractivity contribution in [2.24, 2.45) is 5.73 Å². The van der Waals surface area contributed by atoms with Crippen molar-refractivity contribution >= 4 is 58.1 Å². The van der Waals surface area contributed by atoms with Crippen molar-refractivity contribution < 1.29 is 33.8 Å². The summed E-state index contributed by atoms with van der Waals surface area (Å²) >= 11 is 0. The molecule has 1 unspecified atom stereocenters. The Kier molecular flexibility index (Phi) is 12.4. The molecule has 14 heteroatoms. The van der Waals surface area contributed by atoms with Crippen LogP contribution in [0.3, 0.4) is 0 Å². The average Bonchev–Trinajstić information content (AvgIpc) is 3.44. The number of aromatic carboxylic acids is 1. The highest BCUT2D eigenvalue weighted by Crippen LogP contribution is 2.42. The second kappa shape index (κ2) is 17.1. The van der Waals surface area contributed by atoms with Crippen molar-refractivity contribution in [3.8, 4) is 0 Å². The van der Waals surface area contributed by atoms with Gasteiger partial charge in [0.25, 0.3) is 5.91 Å². The number of anilines is 3. The number of likely N-dealkylation sites (N-methyl/N-ethyl adjacent to an activating group) is 2. The Bertz CT molecular complexity index is 1820. The van der Waals surface area contributed by atoms with Crippen molar-refractivity contribution in [2.45, 2.75) is 25.3 Å². The molecule has 3 aromatic rings. The van der Waals surface area contributed by atoms with Gasteiger partial charge in [0.05, 0.1) is 36.2 Å². The Hall–Kier alpha value is -5.57. The first-order valence-corrected chi connectivity index (χ1v) is 17.2. The zero-order chi connectivity index (χ0) is 37.4. The zero-order valence-electron chi connectivity index (χ0n) is 29.6. The van der Waals surface area contributed by atoms with Crippen LogP contribution in [0.15, 0.2) is 72.8 Å². The van der Waals surface area contributed by atoms with Gasteiger partial charge in [-0.25, -0.2) is 19.3 Å². The van der Waals surface area contributed by atoms with Gasteiger partial charge in [0.1, 0.15) is 6.04 Å². The molecule has 0 bridgehead atoms. The number of carboxylic acids is 1. The summed E-state index contributed by atoms with van der Waals surface area (Å²) in [5, 5.41) is 15.8. The number of urea groups is 1. The summed E-state index contributed by atoms with van der Waals surface area (Å²) < 4.78 is 4.90. The van der Waals surface area contributed by atoms with Crippen molar-refractivity contribution in [1.29, 1.82) is 0 Å². The highest BCUT2D eigenvalue weighted by atomic mass is 16.5. The van der Waals surface area contributed by atoms with Crippen LogP contribution in [-0.4, -0.2) is 111 Å². The number of imide groups is 1. The lowest BCUT2D eigenvalue weighted by atomic mass is 9.99. The van der Waals surface area contributed by atoms with E-state index in [-0.39, 0.29) is 29.2 Å². The molecule has 0 radical (unpaired) electrons. The molecule has 14 nitrogen and oxygen atoms in total. The van der Waals surface area contributed by atoms with E-state index in [0.717, 1.165) is 31.1 Å². The van der Waals surface area contributed by atoms with Gasteiger partial charge in [-0.1, -0.05) is 36.4 Å². The summed E-state index contributed by atoms with van der Waals surface area (Å²) in [7, 11) is 5.01. The van der Waals surface area contributed by atoms with Crippen LogP contribution in [0.2, 0.25) is 0 Å². The summed E-state index contributed by atoms with van der Waals surface area (Å²) in [6.07, 6.45) is 1.36. The quantitative estimate of drug-likeness (QED) is 0.116. The molecule has 5 N–H and O–H groups in total. The second-order valence-electron chi connectivity index (χ2n) is 12.8. The minimum Gasteiger partial charge on any atom is -0.478 e. The van der Waals surface area contributed by atoms with Crippen LogP contribution in [-0.2, 0) is 19.1 Å². The molecule has 2 aliphatic heterocycles. The molecule has 1 atom stereocenters. The average molecular weight is 712 g/mol. The third kappa shape index (κ3) is 8.65. The van der Waals surface area contributed by atoms with Gasteiger partial charge < -0.3 is 36.0 Å². The maximum atomic E-state index is 14.4. The molecule has 52 heavy (non-hydrogen) atoms. The Labute approximate surface area is 302 Å². The van der Waals surface area contributed by atoms with Crippen LogP contribution in [0.25, 0.3) is 11.3 Å². The third-order valence-electron chi connectivity index (χ3n) is 9.27. The molecule has 0 spiro atoms. The van der Waals surface area contributed by atoms with Crippen molar-refractivity contribution in [1.82, 2.24) is 15.1 Å². The van der Waals surface area contributed by atoms with Crippen LogP contribution in [0.1, 0.15) is 40.7 Å². The molecular formula is C38H45N7O7. The van der Waals surface area contributed by atoms with Gasteiger partial charge >= 0.3 is 18.0 Å². The molecule has 274 valence electrons. The van der Waals surface area contributed by atoms with Crippen LogP contribution < -0.4 is 26.2 Å². The number of nitrogens with one attached hydrogen (secondary N) is 2. The van der Waals surface area contributed by atoms with Gasteiger partial charge in [0.15, 0.2) is 0 Å². The molecule has 2 heterocycles. The number of hydrogen-bond donors (Lipinski definition) is 4. The van der Waals surface area contributed by atoms with Gasteiger partial charge in [-0.15, -0.1) is 0 Å². The predicted molar refractivity (Wildman–Crippen MR) is 199 cm³/mol. The SMILES string of the molecule is COC(=O)C(CCCCN)NC(=O)N1C(=O)/C(=C(\Nc2ccc(N(C)C(=O)CN3CCN(C)CC3)cc2)c2ccccc2)c2ccc(C(=O)O)cc21. The fourth-order valence-corrected chi connectivity index (χ4v) is 6.18. The van der Waals surface area contributed by atoms with E-state index in [1.54, 1.807) is 48.3 Å². The Morgan fingerprint density at radius 2 is 1.63 bits per heavy atom. The lowest BCUT2D eigenvalue weighted by Crippen LogP contribution is -2.49. The van der Waals surface area contributed by atoms with E-state index in [9.17, 15) is 29.1 Å². The van der Waals surface area contributed by atoms with Gasteiger partial charge in [0, 0.05) is 50.2 Å². The standard InChI is InChI=1S/C38H45N7O7/c1-42-19-21-44(22-20-42)24-32(46)43(2)28-15-13-27(14-16-28)40-34(25-9-5-4-6-10-25)33-29-17-12-26(36(48)49)23-31(29)45(35(33)47)38(51)41-30(37(50)52-3)11-7-8-18-39/h4-6,9-10,12-17,23,30,40H,7-8,11,18-22,24,39H2,1-3H3,(H,41,51)(H,48,49)/b34-33-. The molecule has 0 aromatic heterocycles. The lowest BCUT2D eigenvalue weighted by molar-refractivity contribution is -0.143. The fraction of sp³-hybridized carbons (Fsp3) is 0.342. The smallest absolute Gasteiger partial charge is 0.335 e. The fourth-order valence-electron chi connectivity index (χ4n) is 6.18. The molecular weight excluding hydrogens is 666 g/mol. The van der Waals surface area contributed by atoms with Crippen LogP contribution in [0.5, 0.6) is 0 Å². The maximum Gasteiger partial charge on any atom is 0.335 e. The number of ether oxygens (including phenoxy) is 1. The number of carbonyl (C=O) groups excluding carboxylic acids is 4. The molecule has 0 saturated carbocycles. The van der Waals surface area contributed by atoms with Gasteiger partial charge in [0.2, 0.25) is 5.91 Å². The van der Waals surface area contributed by atoms with Crippen molar-refractivity contribution in [2.75, 3.05) is 75.6 Å². The predicted octanol–water partition coefficient (Wildman–Crippen LogP) is 3.30. The van der Waals surface area contributed by atoms with Gasteiger partial charge in [-0.2, -0.15) is 0 Å². The minimum atomic E-state index is -1.24. The van der Waals surface area contributed by atoms with E-state index in [1.165, 1.54) is 25.3 Å². The highest BCUT2D eigenvalue weighted by molar-refractivity contribution is 6.44. The topological polar surface area (TPSA) is 178 Å². The van der Waals surface area contributed by atoms with Crippen LogP contribution in [0.4, 0.5) is 21.9 Å². The number of fused-ring (bicyclic) bond motifs is 1. The first-order chi connectivity index (χ1) is 25.0. The van der Waals surface area contributed by atoms with Crippen LogP contribution >= 0.6 is 0 Å². The largest absolute Gasteiger partial charge is 0.478 e. The number of hydrogen-bond acceptors (Lipinski definition) is 10. The van der Waals surface area contributed by atoms with Crippen molar-refractivity contribution in [3.05, 3.63) is 89.5 Å². The molecule has 1 fully saturated rings. The van der Waals surface area contributed by atoms with E-state index in [1.807, 2.05) is 18.2 Å². The number of nitrogens with two attached hydrogens (primary N) is 1. The molecule has 4 amide bonds. The number of benzene rings is 3. The summed E-state index contributed by atoms with van der Waals surface area (Å²) in [5.74, 6) is -2.68. The van der Waals surface area contributed by atoms with E-state index in [0.29, 0.717) is 54.1 Å². The van der Waals surface area contributed by atoms with Gasteiger partial charge in [-0.05, 0) is 74.8 Å². The number of esters is 1. The van der Waals surface area contributed by atoms with Gasteiger partial charge in [-0.3, -0.25) is 14.5 Å². The second-order valence-corrected chi connectivity index (χ2v) is 12.8. The number of methoxy groups -OCH3 is 1. The summed E-state index contributed by atoms with van der Waals surface area (Å²) in [4.78, 5) is 72.8. The number of unbranched alkanes of at least 4 members (excludes halogenated alkanes) is 1. The number of nitrogens with zero attached hydrogens (tertiary/aromatic N) is 4. The summed E-state index contributed by atoms with van der Waals surface area (Å²) in [6.45, 7) is 4.20. The normalized spacial score (nSPS) is 16.2. The van der Waals surface area contributed by atoms with Crippen LogP contribution in [0, 0.1) is 0 Å². The van der Waals surface area contributed by atoms with E-state index in [4.69, 9.17) is 10.5 Å². The number of carbonyl (C=O) groups is 5. The number of piperazine rings is 1. The minimum absolute atomic E-state index is 0.0292. The van der Waals surface area contributed by atoms with E-state index in [2.05, 4.69) is 27.5 Å². The number of carboxylic acid groups (broad SMARTS) is 1. The first-order valence-electron chi connectivity index (χ1n) is 17.2. The Morgan fingerprint density at radius 1 is 0.942 bits per heavy atom. The Balaban J connectivity index is 1.48. The van der Waals surface area contributed by atoms with E-state index < -0.39 is 29.9 Å². The van der Waals surface area contributed by atoms with Crippen molar-refractivity contribution in [3.63, 3.8) is 0 Å². The highest BCUT2D eigenvalue weighted by Gasteiger charge is 2.41. The molecule has 1 saturated heterocycles.